The monoisotopic (exact) mass is 267 g/mol. The highest BCUT2D eigenvalue weighted by Crippen LogP contribution is 2.06. The van der Waals surface area contributed by atoms with E-state index in [2.05, 4.69) is 4.98 Å². The minimum Gasteiger partial charge on any atom is -0.457 e. The minimum atomic E-state index is -0.478. The molecule has 0 unspecified atom stereocenters. The maximum atomic E-state index is 12.6. The van der Waals surface area contributed by atoms with Crippen LogP contribution in [0, 0.1) is 5.82 Å². The molecule has 0 aliphatic heterocycles. The zero-order valence-electron chi connectivity index (χ0n) is 9.38. The van der Waals surface area contributed by atoms with E-state index in [0.717, 1.165) is 5.56 Å². The number of carbonyl (C=O) groups excluding carboxylic acids is 1. The van der Waals surface area contributed by atoms with Crippen molar-refractivity contribution in [1.29, 1.82) is 0 Å². The number of rotatable bonds is 3. The average molecular weight is 268 g/mol. The summed E-state index contributed by atoms with van der Waals surface area (Å²) in [5.74, 6) is -0.859. The van der Waals surface area contributed by atoms with E-state index in [1.165, 1.54) is 24.3 Å². The van der Waals surface area contributed by atoms with Gasteiger partial charge in [0, 0.05) is 18.0 Å². The first-order chi connectivity index (χ1) is 8.25. The molecule has 2 aromatic rings. The van der Waals surface area contributed by atoms with Gasteiger partial charge in [-0.3, -0.25) is 4.98 Å². The van der Waals surface area contributed by atoms with Crippen LogP contribution in [0.3, 0.4) is 0 Å². The topological polar surface area (TPSA) is 39.2 Å². The van der Waals surface area contributed by atoms with Gasteiger partial charge < -0.3 is 4.74 Å². The molecule has 0 spiro atoms. The number of halogens is 2. The van der Waals surface area contributed by atoms with Crippen molar-refractivity contribution >= 4 is 18.4 Å². The van der Waals surface area contributed by atoms with Gasteiger partial charge >= 0.3 is 5.97 Å². The maximum Gasteiger partial charge on any atom is 0.338 e. The van der Waals surface area contributed by atoms with Crippen LogP contribution in [0.2, 0.25) is 0 Å². The molecule has 0 N–H and O–H groups in total. The molecule has 0 atom stereocenters. The Morgan fingerprint density at radius 2 is 1.94 bits per heavy atom. The summed E-state index contributed by atoms with van der Waals surface area (Å²) in [6.07, 6.45) is 3.27. The molecular weight excluding hydrogens is 257 g/mol. The van der Waals surface area contributed by atoms with Gasteiger partial charge in [-0.2, -0.15) is 0 Å². The van der Waals surface area contributed by atoms with Gasteiger partial charge in [0.15, 0.2) is 0 Å². The molecule has 0 amide bonds. The standard InChI is InChI=1S/C13H10FNO2.ClH/c14-12-5-3-11(4-6-12)13(16)17-9-10-2-1-7-15-8-10;/h1-8H,9H2;1H. The summed E-state index contributed by atoms with van der Waals surface area (Å²) in [6, 6.07) is 8.80. The summed E-state index contributed by atoms with van der Waals surface area (Å²) in [5, 5.41) is 0. The van der Waals surface area contributed by atoms with Crippen LogP contribution in [-0.4, -0.2) is 11.0 Å². The van der Waals surface area contributed by atoms with E-state index < -0.39 is 5.97 Å². The van der Waals surface area contributed by atoms with E-state index in [4.69, 9.17) is 4.74 Å². The molecule has 0 aliphatic carbocycles. The maximum absolute atomic E-state index is 12.6. The van der Waals surface area contributed by atoms with Crippen molar-refractivity contribution in [3.05, 3.63) is 65.7 Å². The minimum absolute atomic E-state index is 0. The van der Waals surface area contributed by atoms with E-state index in [0.29, 0.717) is 5.56 Å². The summed E-state index contributed by atoms with van der Waals surface area (Å²) >= 11 is 0. The lowest BCUT2D eigenvalue weighted by atomic mass is 10.2. The molecule has 0 saturated carbocycles. The number of hydrogen-bond donors (Lipinski definition) is 0. The molecule has 3 nitrogen and oxygen atoms in total. The molecule has 0 bridgehead atoms. The predicted molar refractivity (Wildman–Crippen MR) is 67.0 cm³/mol. The number of carbonyl (C=O) groups is 1. The molecule has 0 fully saturated rings. The summed E-state index contributed by atoms with van der Waals surface area (Å²) in [5.41, 5.74) is 1.14. The molecular formula is C13H11ClFNO2. The lowest BCUT2D eigenvalue weighted by Gasteiger charge is -2.04. The number of ether oxygens (including phenoxy) is 1. The van der Waals surface area contributed by atoms with Gasteiger partial charge in [-0.1, -0.05) is 6.07 Å². The molecule has 0 aliphatic rings. The SMILES string of the molecule is Cl.O=C(OCc1cccnc1)c1ccc(F)cc1. The first kappa shape index (κ1) is 14.1. The third-order valence-electron chi connectivity index (χ3n) is 2.17. The van der Waals surface area contributed by atoms with Crippen molar-refractivity contribution in [2.75, 3.05) is 0 Å². The zero-order valence-corrected chi connectivity index (χ0v) is 10.2. The molecule has 94 valence electrons. The molecule has 1 heterocycles. The van der Waals surface area contributed by atoms with Crippen molar-refractivity contribution in [1.82, 2.24) is 4.98 Å². The number of benzene rings is 1. The van der Waals surface area contributed by atoms with Crippen molar-refractivity contribution < 1.29 is 13.9 Å². The number of nitrogens with zero attached hydrogens (tertiary/aromatic N) is 1. The second-order valence-electron chi connectivity index (χ2n) is 3.44. The summed E-state index contributed by atoms with van der Waals surface area (Å²) in [4.78, 5) is 15.5. The van der Waals surface area contributed by atoms with Gasteiger partial charge in [-0.05, 0) is 30.3 Å². The van der Waals surface area contributed by atoms with Gasteiger partial charge in [0.1, 0.15) is 12.4 Å². The van der Waals surface area contributed by atoms with E-state index in [1.54, 1.807) is 18.5 Å². The van der Waals surface area contributed by atoms with Crippen LogP contribution in [0.4, 0.5) is 4.39 Å². The molecule has 18 heavy (non-hydrogen) atoms. The fourth-order valence-electron chi connectivity index (χ4n) is 1.30. The average Bonchev–Trinajstić information content (AvgIpc) is 2.38. The second kappa shape index (κ2) is 6.71. The van der Waals surface area contributed by atoms with Crippen molar-refractivity contribution in [2.24, 2.45) is 0 Å². The molecule has 1 aromatic carbocycles. The van der Waals surface area contributed by atoms with E-state index in [1.807, 2.05) is 6.07 Å². The molecule has 5 heteroatoms. The van der Waals surface area contributed by atoms with Crippen LogP contribution in [0.25, 0.3) is 0 Å². The predicted octanol–water partition coefficient (Wildman–Crippen LogP) is 3.00. The normalized spacial score (nSPS) is 9.39. The van der Waals surface area contributed by atoms with Crippen molar-refractivity contribution in [3.63, 3.8) is 0 Å². The first-order valence-electron chi connectivity index (χ1n) is 5.07. The Kier molecular flexibility index (Phi) is 5.27. The Balaban J connectivity index is 0.00000162. The van der Waals surface area contributed by atoms with E-state index in [9.17, 15) is 9.18 Å². The van der Waals surface area contributed by atoms with Gasteiger partial charge in [0.05, 0.1) is 5.56 Å². The number of esters is 1. The molecule has 0 radical (unpaired) electrons. The Bertz CT molecular complexity index is 502. The fourth-order valence-corrected chi connectivity index (χ4v) is 1.30. The Labute approximate surface area is 110 Å². The highest BCUT2D eigenvalue weighted by Gasteiger charge is 2.06. The van der Waals surface area contributed by atoms with Crippen LogP contribution in [0.1, 0.15) is 15.9 Å². The van der Waals surface area contributed by atoms with Crippen LogP contribution in [0.5, 0.6) is 0 Å². The van der Waals surface area contributed by atoms with Crippen molar-refractivity contribution in [2.45, 2.75) is 6.61 Å². The van der Waals surface area contributed by atoms with Crippen LogP contribution in [0.15, 0.2) is 48.8 Å². The zero-order chi connectivity index (χ0) is 12.1. The highest BCUT2D eigenvalue weighted by molar-refractivity contribution is 5.89. The Morgan fingerprint density at radius 3 is 2.56 bits per heavy atom. The largest absolute Gasteiger partial charge is 0.457 e. The smallest absolute Gasteiger partial charge is 0.338 e. The van der Waals surface area contributed by atoms with E-state index in [-0.39, 0.29) is 24.8 Å². The van der Waals surface area contributed by atoms with Gasteiger partial charge in [0.2, 0.25) is 0 Å². The second-order valence-corrected chi connectivity index (χ2v) is 3.44. The van der Waals surface area contributed by atoms with Gasteiger partial charge in [-0.15, -0.1) is 12.4 Å². The summed E-state index contributed by atoms with van der Waals surface area (Å²) in [6.45, 7) is 0.157. The Morgan fingerprint density at radius 1 is 1.22 bits per heavy atom. The summed E-state index contributed by atoms with van der Waals surface area (Å²) in [7, 11) is 0. The lowest BCUT2D eigenvalue weighted by molar-refractivity contribution is 0.0472. The Hall–Kier alpha value is -1.94. The summed E-state index contributed by atoms with van der Waals surface area (Å²) < 4.78 is 17.7. The van der Waals surface area contributed by atoms with Crippen LogP contribution in [-0.2, 0) is 11.3 Å². The third-order valence-corrected chi connectivity index (χ3v) is 2.17. The first-order valence-corrected chi connectivity index (χ1v) is 5.07. The number of hydrogen-bond acceptors (Lipinski definition) is 3. The van der Waals surface area contributed by atoms with E-state index >= 15 is 0 Å². The lowest BCUT2D eigenvalue weighted by Crippen LogP contribution is -2.05. The quantitative estimate of drug-likeness (QED) is 0.803. The van der Waals surface area contributed by atoms with Crippen LogP contribution >= 0.6 is 12.4 Å². The molecule has 2 rings (SSSR count). The van der Waals surface area contributed by atoms with Crippen molar-refractivity contribution in [3.8, 4) is 0 Å². The fraction of sp³-hybridized carbons (Fsp3) is 0.0769. The van der Waals surface area contributed by atoms with Gasteiger partial charge in [-0.25, -0.2) is 9.18 Å². The van der Waals surface area contributed by atoms with Crippen LogP contribution < -0.4 is 0 Å². The molecule has 0 saturated heterocycles. The highest BCUT2D eigenvalue weighted by atomic mass is 35.5. The number of aromatic nitrogens is 1. The number of pyridine rings is 1. The third kappa shape index (κ3) is 3.82. The molecule has 1 aromatic heterocycles. The van der Waals surface area contributed by atoms with Gasteiger partial charge in [0.25, 0.3) is 0 Å².